The molecule has 0 unspecified atom stereocenters. The molecular formula is C21H28Cl2N6O2. The lowest BCUT2D eigenvalue weighted by molar-refractivity contribution is 0.0563. The quantitative estimate of drug-likeness (QED) is 0.508. The third kappa shape index (κ3) is 4.61. The van der Waals surface area contributed by atoms with Crippen LogP contribution in [0.25, 0.3) is 11.0 Å². The maximum atomic E-state index is 6.31. The molecule has 4 rings (SSSR count). The zero-order valence-corrected chi connectivity index (χ0v) is 19.5. The predicted molar refractivity (Wildman–Crippen MR) is 122 cm³/mol. The minimum absolute atomic E-state index is 0.169. The number of halogens is 2. The summed E-state index contributed by atoms with van der Waals surface area (Å²) < 4.78 is 15.5. The molecule has 0 spiro atoms. The van der Waals surface area contributed by atoms with Crippen molar-refractivity contribution in [2.24, 2.45) is 5.92 Å². The Hall–Kier alpha value is -2.03. The lowest BCUT2D eigenvalue weighted by Crippen LogP contribution is -2.24. The SMILES string of the molecule is COC1CCC(n2nc(OC[C@H](C)Cn3cc(Cl)c4cnc(Cl)nc43)c(N)c2C)CC1. The molecule has 0 aliphatic heterocycles. The summed E-state index contributed by atoms with van der Waals surface area (Å²) >= 11 is 12.3. The smallest absolute Gasteiger partial charge is 0.256 e. The summed E-state index contributed by atoms with van der Waals surface area (Å²) in [6.07, 6.45) is 7.96. The summed E-state index contributed by atoms with van der Waals surface area (Å²) in [6.45, 7) is 5.22. The number of fused-ring (bicyclic) bond motifs is 1. The van der Waals surface area contributed by atoms with E-state index in [2.05, 4.69) is 16.9 Å². The van der Waals surface area contributed by atoms with Gasteiger partial charge in [0.25, 0.3) is 5.88 Å². The van der Waals surface area contributed by atoms with Crippen LogP contribution in [0, 0.1) is 12.8 Å². The highest BCUT2D eigenvalue weighted by atomic mass is 35.5. The van der Waals surface area contributed by atoms with Gasteiger partial charge in [0.1, 0.15) is 11.3 Å². The normalized spacial score (nSPS) is 20.3. The number of nitrogen functional groups attached to an aromatic ring is 1. The fourth-order valence-corrected chi connectivity index (χ4v) is 4.63. The molecule has 0 radical (unpaired) electrons. The Morgan fingerprint density at radius 2 is 2.00 bits per heavy atom. The second-order valence-electron chi connectivity index (χ2n) is 8.34. The van der Waals surface area contributed by atoms with Gasteiger partial charge in [0.15, 0.2) is 0 Å². The second-order valence-corrected chi connectivity index (χ2v) is 9.08. The average molecular weight is 467 g/mol. The number of aromatic nitrogens is 5. The molecule has 8 nitrogen and oxygen atoms in total. The molecule has 0 aromatic carbocycles. The Balaban J connectivity index is 1.41. The van der Waals surface area contributed by atoms with Crippen LogP contribution in [0.4, 0.5) is 5.69 Å². The van der Waals surface area contributed by atoms with Crippen LogP contribution in [0.2, 0.25) is 10.3 Å². The van der Waals surface area contributed by atoms with E-state index in [9.17, 15) is 0 Å². The van der Waals surface area contributed by atoms with E-state index in [0.717, 1.165) is 36.8 Å². The van der Waals surface area contributed by atoms with Crippen LogP contribution in [0.5, 0.6) is 5.88 Å². The number of hydrogen-bond acceptors (Lipinski definition) is 6. The van der Waals surface area contributed by atoms with Crippen LogP contribution >= 0.6 is 23.2 Å². The maximum Gasteiger partial charge on any atom is 0.256 e. The van der Waals surface area contributed by atoms with Crippen molar-refractivity contribution in [1.82, 2.24) is 24.3 Å². The molecular weight excluding hydrogens is 439 g/mol. The molecule has 1 aliphatic carbocycles. The fourth-order valence-electron chi connectivity index (χ4n) is 4.25. The molecule has 0 amide bonds. The Morgan fingerprint density at radius 3 is 2.71 bits per heavy atom. The van der Waals surface area contributed by atoms with Crippen molar-refractivity contribution in [2.45, 2.75) is 58.2 Å². The van der Waals surface area contributed by atoms with Crippen LogP contribution in [0.15, 0.2) is 12.4 Å². The van der Waals surface area contributed by atoms with Crippen LogP contribution in [-0.4, -0.2) is 44.1 Å². The number of hydrogen-bond donors (Lipinski definition) is 1. The molecule has 168 valence electrons. The third-order valence-electron chi connectivity index (χ3n) is 6.04. The number of ether oxygens (including phenoxy) is 2. The molecule has 3 aromatic rings. The predicted octanol–water partition coefficient (Wildman–Crippen LogP) is 4.67. The molecule has 10 heteroatoms. The lowest BCUT2D eigenvalue weighted by atomic mass is 9.93. The van der Waals surface area contributed by atoms with Crippen molar-refractivity contribution in [3.8, 4) is 5.88 Å². The van der Waals surface area contributed by atoms with E-state index in [1.807, 2.05) is 22.4 Å². The van der Waals surface area contributed by atoms with Crippen molar-refractivity contribution in [1.29, 1.82) is 0 Å². The van der Waals surface area contributed by atoms with Crippen LogP contribution < -0.4 is 10.5 Å². The Kier molecular flexibility index (Phi) is 6.60. The van der Waals surface area contributed by atoms with E-state index in [0.29, 0.717) is 47.5 Å². The largest absolute Gasteiger partial charge is 0.475 e. The molecule has 0 saturated heterocycles. The molecule has 1 saturated carbocycles. The average Bonchev–Trinajstić information content (AvgIpc) is 3.22. The van der Waals surface area contributed by atoms with Crippen molar-refractivity contribution >= 4 is 39.9 Å². The Bertz CT molecular complexity index is 1060. The van der Waals surface area contributed by atoms with Gasteiger partial charge in [-0.15, -0.1) is 5.10 Å². The van der Waals surface area contributed by atoms with Crippen LogP contribution in [-0.2, 0) is 11.3 Å². The van der Waals surface area contributed by atoms with E-state index >= 15 is 0 Å². The van der Waals surface area contributed by atoms with E-state index in [4.69, 9.17) is 43.5 Å². The third-order valence-corrected chi connectivity index (χ3v) is 6.52. The molecule has 1 aliphatic rings. The monoisotopic (exact) mass is 466 g/mol. The number of nitrogens with zero attached hydrogens (tertiary/aromatic N) is 5. The molecule has 3 heterocycles. The highest BCUT2D eigenvalue weighted by molar-refractivity contribution is 6.35. The van der Waals surface area contributed by atoms with Crippen molar-refractivity contribution in [3.05, 3.63) is 28.4 Å². The first kappa shape index (κ1) is 22.2. The first-order valence-electron chi connectivity index (χ1n) is 10.5. The molecule has 31 heavy (non-hydrogen) atoms. The van der Waals surface area contributed by atoms with Crippen molar-refractivity contribution in [2.75, 3.05) is 19.5 Å². The van der Waals surface area contributed by atoms with Crippen molar-refractivity contribution < 1.29 is 9.47 Å². The molecule has 2 N–H and O–H groups in total. The number of anilines is 1. The summed E-state index contributed by atoms with van der Waals surface area (Å²) in [7, 11) is 1.78. The summed E-state index contributed by atoms with van der Waals surface area (Å²) in [6, 6.07) is 0.335. The van der Waals surface area contributed by atoms with Crippen molar-refractivity contribution in [3.63, 3.8) is 0 Å². The van der Waals surface area contributed by atoms with Crippen LogP contribution in [0.3, 0.4) is 0 Å². The van der Waals surface area contributed by atoms with Gasteiger partial charge in [-0.05, 0) is 44.2 Å². The first-order valence-corrected chi connectivity index (χ1v) is 11.3. The molecule has 0 bridgehead atoms. The van der Waals surface area contributed by atoms with E-state index < -0.39 is 0 Å². The molecule has 3 aromatic heterocycles. The number of rotatable bonds is 7. The highest BCUT2D eigenvalue weighted by Crippen LogP contribution is 2.34. The zero-order valence-electron chi connectivity index (χ0n) is 18.0. The van der Waals surface area contributed by atoms with Gasteiger partial charge in [-0.2, -0.15) is 4.98 Å². The zero-order chi connectivity index (χ0) is 22.1. The second kappa shape index (κ2) is 9.22. The fraction of sp³-hybridized carbons (Fsp3) is 0.571. The van der Waals surface area contributed by atoms with Gasteiger partial charge >= 0.3 is 0 Å². The summed E-state index contributed by atoms with van der Waals surface area (Å²) in [5, 5.41) is 6.26. The maximum absolute atomic E-state index is 6.31. The van der Waals surface area contributed by atoms with Gasteiger partial charge in [0.05, 0.1) is 34.9 Å². The van der Waals surface area contributed by atoms with Gasteiger partial charge in [0, 0.05) is 32.0 Å². The van der Waals surface area contributed by atoms with E-state index in [1.54, 1.807) is 13.3 Å². The minimum atomic E-state index is 0.169. The molecule has 1 fully saturated rings. The van der Waals surface area contributed by atoms with Crippen LogP contribution in [0.1, 0.15) is 44.3 Å². The van der Waals surface area contributed by atoms with Gasteiger partial charge in [0.2, 0.25) is 5.28 Å². The van der Waals surface area contributed by atoms with E-state index in [-0.39, 0.29) is 11.2 Å². The van der Waals surface area contributed by atoms with Gasteiger partial charge in [-0.3, -0.25) is 4.68 Å². The summed E-state index contributed by atoms with van der Waals surface area (Å²) in [5.41, 5.74) is 8.58. The standard InChI is InChI=1S/C21H28Cl2N6O2/c1-12(9-28-10-17(22)16-8-25-21(23)26-19(16)28)11-31-20-18(24)13(2)29(27-20)14-4-6-15(30-3)7-5-14/h8,10,12,14-15H,4-7,9,11,24H2,1-3H3/t12-,14?,15?/m1/s1. The first-order chi connectivity index (χ1) is 14.9. The lowest BCUT2D eigenvalue weighted by Gasteiger charge is -2.28. The van der Waals surface area contributed by atoms with Gasteiger partial charge < -0.3 is 19.8 Å². The summed E-state index contributed by atoms with van der Waals surface area (Å²) in [4.78, 5) is 8.31. The van der Waals surface area contributed by atoms with Gasteiger partial charge in [-0.25, -0.2) is 4.98 Å². The van der Waals surface area contributed by atoms with E-state index in [1.165, 1.54) is 0 Å². The highest BCUT2D eigenvalue weighted by Gasteiger charge is 2.26. The minimum Gasteiger partial charge on any atom is -0.475 e. The topological polar surface area (TPSA) is 93.0 Å². The summed E-state index contributed by atoms with van der Waals surface area (Å²) in [5.74, 6) is 0.668. The Morgan fingerprint density at radius 1 is 1.26 bits per heavy atom. The molecule has 1 atom stereocenters. The number of methoxy groups -OCH3 is 1. The Labute approximate surface area is 191 Å². The number of nitrogens with two attached hydrogens (primary N) is 1. The van der Waals surface area contributed by atoms with Gasteiger partial charge in [-0.1, -0.05) is 18.5 Å².